The molecule has 1 aliphatic heterocycles. The quantitative estimate of drug-likeness (QED) is 0.132. The first-order chi connectivity index (χ1) is 27.4. The number of carbonyl (C=O) groups is 4. The van der Waals surface area contributed by atoms with E-state index in [4.69, 9.17) is 4.74 Å². The fraction of sp³-hybridized carbons (Fsp3) is 0.880. The third-order valence-corrected chi connectivity index (χ3v) is 19.3. The number of allylic oxidation sites excluding steroid dienone is 2. The van der Waals surface area contributed by atoms with Crippen LogP contribution in [-0.2, 0) is 23.9 Å². The number of nitrogens with one attached hydrogen (secondary N) is 2. The number of piperidine rings is 1. The number of carbonyl (C=O) groups excluding carboxylic acids is 3. The average molecular weight is 820 g/mol. The highest BCUT2D eigenvalue weighted by molar-refractivity contribution is 6.00. The van der Waals surface area contributed by atoms with Gasteiger partial charge in [0.1, 0.15) is 6.10 Å². The van der Waals surface area contributed by atoms with Crippen molar-refractivity contribution < 1.29 is 29.0 Å². The summed E-state index contributed by atoms with van der Waals surface area (Å²) in [5.74, 6) is 0.176. The van der Waals surface area contributed by atoms with Gasteiger partial charge < -0.3 is 20.5 Å². The van der Waals surface area contributed by atoms with Crippen LogP contribution in [0.4, 0.5) is 0 Å². The van der Waals surface area contributed by atoms with Crippen LogP contribution < -0.4 is 10.6 Å². The molecule has 0 spiro atoms. The number of nitrogens with zero attached hydrogens (tertiary/aromatic N) is 1. The van der Waals surface area contributed by atoms with E-state index >= 15 is 0 Å². The van der Waals surface area contributed by atoms with Gasteiger partial charge in [0.25, 0.3) is 0 Å². The zero-order chi connectivity index (χ0) is 43.1. The first-order valence-electron chi connectivity index (χ1n) is 23.9. The molecular weight excluding hydrogens is 739 g/mol. The molecule has 0 aromatic carbocycles. The fourth-order valence-electron chi connectivity index (χ4n) is 15.7. The molecule has 59 heavy (non-hydrogen) atoms. The Balaban J connectivity index is 1.05. The van der Waals surface area contributed by atoms with E-state index in [9.17, 15) is 24.3 Å². The third-order valence-electron chi connectivity index (χ3n) is 19.3. The second kappa shape index (κ2) is 15.5. The van der Waals surface area contributed by atoms with Crippen molar-refractivity contribution in [3.05, 3.63) is 11.1 Å². The van der Waals surface area contributed by atoms with Crippen LogP contribution in [0.15, 0.2) is 11.1 Å². The van der Waals surface area contributed by atoms with Gasteiger partial charge in [-0.05, 0) is 161 Å². The number of ketones is 1. The third kappa shape index (κ3) is 7.38. The summed E-state index contributed by atoms with van der Waals surface area (Å²) in [5, 5.41) is 16.7. The van der Waals surface area contributed by atoms with Crippen LogP contribution in [0.1, 0.15) is 166 Å². The van der Waals surface area contributed by atoms with Crippen LogP contribution in [0.2, 0.25) is 0 Å². The summed E-state index contributed by atoms with van der Waals surface area (Å²) >= 11 is 0. The topological polar surface area (TPSA) is 125 Å². The van der Waals surface area contributed by atoms with Crippen molar-refractivity contribution in [3.63, 3.8) is 0 Å². The molecule has 7 rings (SSSR count). The lowest BCUT2D eigenvalue weighted by molar-refractivity contribution is -0.236. The van der Waals surface area contributed by atoms with E-state index in [2.05, 4.69) is 77.8 Å². The summed E-state index contributed by atoms with van der Waals surface area (Å²) < 4.78 is 6.45. The maximum Gasteiger partial charge on any atom is 0.309 e. The van der Waals surface area contributed by atoms with Gasteiger partial charge in [-0.25, -0.2) is 0 Å². The Morgan fingerprint density at radius 2 is 1.54 bits per heavy atom. The van der Waals surface area contributed by atoms with Gasteiger partial charge in [0.05, 0.1) is 18.4 Å². The van der Waals surface area contributed by atoms with Crippen molar-refractivity contribution in [3.8, 4) is 0 Å². The molecule has 0 bridgehead atoms. The second-order valence-corrected chi connectivity index (χ2v) is 24.0. The lowest BCUT2D eigenvalue weighted by atomic mass is 9.33. The van der Waals surface area contributed by atoms with E-state index in [1.54, 1.807) is 0 Å². The van der Waals surface area contributed by atoms with Crippen molar-refractivity contribution in [2.45, 2.75) is 178 Å². The minimum atomic E-state index is -0.820. The Kier molecular flexibility index (Phi) is 11.8. The summed E-state index contributed by atoms with van der Waals surface area (Å²) in [6, 6.07) is 0. The zero-order valence-electron chi connectivity index (χ0n) is 38.9. The standard InChI is InChI=1S/C50H81N3O6/c1-31(2)40-35(54)28-50(23-24-51-30-44(3,4)52-39(55)29-53-25-13-12-14-26-53)22-21-48(10)32(41(40)50)15-16-37-47(9)19-18-38(46(7,8)36(47)17-20-49(37,48)11)59-43(58)34-27-33(42(56)57)45(34,5)6/h31-34,36-38,51H,12-30H2,1-11H3,(H,52,55)(H,56,57)/t32-,33+,34-,36+,37-,38+,47+,48-,49-,50-/m1/s1. The number of aliphatic carboxylic acids is 1. The van der Waals surface area contributed by atoms with Crippen molar-refractivity contribution in [1.82, 2.24) is 15.5 Å². The maximum absolute atomic E-state index is 14.2. The van der Waals surface area contributed by atoms with Crippen LogP contribution >= 0.6 is 0 Å². The van der Waals surface area contributed by atoms with Gasteiger partial charge in [0, 0.05) is 29.3 Å². The highest BCUT2D eigenvalue weighted by Crippen LogP contribution is 2.77. The Hall–Kier alpha value is -2.26. The minimum absolute atomic E-state index is 0.0888. The molecule has 5 saturated carbocycles. The van der Waals surface area contributed by atoms with E-state index in [1.807, 2.05) is 13.8 Å². The summed E-state index contributed by atoms with van der Waals surface area (Å²) in [6.07, 6.45) is 14.0. The summed E-state index contributed by atoms with van der Waals surface area (Å²) in [5.41, 5.74) is 1.76. The number of carboxylic acids is 1. The smallest absolute Gasteiger partial charge is 0.309 e. The molecule has 0 aromatic rings. The van der Waals surface area contributed by atoms with Crippen LogP contribution in [0, 0.1) is 68.0 Å². The molecule has 9 heteroatoms. The molecule has 1 amide bonds. The van der Waals surface area contributed by atoms with E-state index < -0.39 is 17.3 Å². The molecule has 0 aromatic heterocycles. The predicted octanol–water partition coefficient (Wildman–Crippen LogP) is 8.99. The molecule has 6 fully saturated rings. The van der Waals surface area contributed by atoms with Crippen LogP contribution in [0.25, 0.3) is 0 Å². The molecule has 1 heterocycles. The van der Waals surface area contributed by atoms with Crippen molar-refractivity contribution in [1.29, 1.82) is 0 Å². The molecule has 332 valence electrons. The summed E-state index contributed by atoms with van der Waals surface area (Å²) in [7, 11) is 0. The molecule has 9 nitrogen and oxygen atoms in total. The first kappa shape index (κ1) is 44.8. The zero-order valence-corrected chi connectivity index (χ0v) is 38.9. The number of likely N-dealkylation sites (tertiary alicyclic amines) is 1. The minimum Gasteiger partial charge on any atom is -0.481 e. The molecule has 1 saturated heterocycles. The van der Waals surface area contributed by atoms with E-state index in [1.165, 1.54) is 31.3 Å². The van der Waals surface area contributed by atoms with Crippen LogP contribution in [0.3, 0.4) is 0 Å². The molecule has 3 N–H and O–H groups in total. The van der Waals surface area contributed by atoms with Gasteiger partial charge >= 0.3 is 11.9 Å². The van der Waals surface area contributed by atoms with E-state index in [-0.39, 0.29) is 62.4 Å². The van der Waals surface area contributed by atoms with Gasteiger partial charge in [-0.2, -0.15) is 0 Å². The van der Waals surface area contributed by atoms with E-state index in [0.717, 1.165) is 76.6 Å². The number of Topliss-reactive ketones (excluding diaryl/α,β-unsaturated/α-hetero) is 1. The van der Waals surface area contributed by atoms with Gasteiger partial charge in [-0.3, -0.25) is 24.1 Å². The summed E-state index contributed by atoms with van der Waals surface area (Å²) in [4.78, 5) is 54.9. The summed E-state index contributed by atoms with van der Waals surface area (Å²) in [6.45, 7) is 29.0. The Labute approximate surface area is 356 Å². The largest absolute Gasteiger partial charge is 0.481 e. The van der Waals surface area contributed by atoms with Gasteiger partial charge in [0.2, 0.25) is 5.91 Å². The van der Waals surface area contributed by atoms with Gasteiger partial charge in [0.15, 0.2) is 5.78 Å². The number of fused-ring (bicyclic) bond motifs is 7. The second-order valence-electron chi connectivity index (χ2n) is 24.0. The van der Waals surface area contributed by atoms with Crippen LogP contribution in [-0.4, -0.2) is 78.0 Å². The lowest BCUT2D eigenvalue weighted by Crippen LogP contribution is -2.66. The normalized spacial score (nSPS) is 40.3. The number of hydrogen-bond donors (Lipinski definition) is 3. The SMILES string of the molecule is CC(C)C1=C2[C@H]3CC[C@@H]4[C@@]5(C)CC[C@H](OC(=O)[C@H]6C[C@@H](C(=O)O)C6(C)C)C(C)(C)[C@@H]5CC[C@@]4(C)[C@]3(C)CC[C@@]2(CCNCC(C)(C)NC(=O)CN2CCCCC2)CC1=O. The van der Waals surface area contributed by atoms with Crippen molar-refractivity contribution in [2.75, 3.05) is 32.7 Å². The fourth-order valence-corrected chi connectivity index (χ4v) is 15.7. The molecule has 0 radical (unpaired) electrons. The van der Waals surface area contributed by atoms with Gasteiger partial charge in [-0.1, -0.05) is 74.3 Å². The van der Waals surface area contributed by atoms with Crippen molar-refractivity contribution >= 4 is 23.6 Å². The molecule has 0 unspecified atom stereocenters. The Morgan fingerprint density at radius 1 is 0.847 bits per heavy atom. The monoisotopic (exact) mass is 820 g/mol. The highest BCUT2D eigenvalue weighted by atomic mass is 16.5. The Bertz CT molecular complexity index is 1710. The van der Waals surface area contributed by atoms with Crippen LogP contribution in [0.5, 0.6) is 0 Å². The lowest BCUT2D eigenvalue weighted by Gasteiger charge is -2.72. The molecule has 7 aliphatic rings. The first-order valence-corrected chi connectivity index (χ1v) is 23.9. The predicted molar refractivity (Wildman–Crippen MR) is 232 cm³/mol. The number of amides is 1. The molecule has 10 atom stereocenters. The highest BCUT2D eigenvalue weighted by Gasteiger charge is 2.70. The Morgan fingerprint density at radius 3 is 2.19 bits per heavy atom. The average Bonchev–Trinajstić information content (AvgIpc) is 3.43. The number of rotatable bonds is 12. The molecular formula is C50H81N3O6. The van der Waals surface area contributed by atoms with E-state index in [0.29, 0.717) is 49.5 Å². The molecule has 6 aliphatic carbocycles. The number of ether oxygens (including phenoxy) is 1. The number of hydrogen-bond acceptors (Lipinski definition) is 7. The maximum atomic E-state index is 14.2. The number of carboxylic acid groups (broad SMARTS) is 1. The number of esters is 1. The van der Waals surface area contributed by atoms with Crippen molar-refractivity contribution in [2.24, 2.45) is 68.0 Å². The van der Waals surface area contributed by atoms with Gasteiger partial charge in [-0.15, -0.1) is 0 Å².